The highest BCUT2D eigenvalue weighted by atomic mass is 32.2. The van der Waals surface area contributed by atoms with E-state index < -0.39 is 21.9 Å². The lowest BCUT2D eigenvalue weighted by Crippen LogP contribution is -2.51. The van der Waals surface area contributed by atoms with Crippen molar-refractivity contribution in [3.05, 3.63) is 89.7 Å². The minimum atomic E-state index is -3.75. The molecule has 1 fully saturated rings. The number of aryl methyl sites for hydroxylation is 1. The molecule has 0 spiro atoms. The van der Waals surface area contributed by atoms with Gasteiger partial charge in [0, 0.05) is 26.2 Å². The van der Waals surface area contributed by atoms with Gasteiger partial charge in [0.05, 0.1) is 17.7 Å². The highest BCUT2D eigenvalue weighted by Gasteiger charge is 2.34. The zero-order valence-corrected chi connectivity index (χ0v) is 20.5. The topological polar surface area (TPSA) is 79.0 Å². The number of piperazine rings is 1. The van der Waals surface area contributed by atoms with Crippen LogP contribution >= 0.6 is 0 Å². The third-order valence-electron chi connectivity index (χ3n) is 6.07. The summed E-state index contributed by atoms with van der Waals surface area (Å²) in [5.41, 5.74) is 2.37. The molecule has 0 unspecified atom stereocenters. The van der Waals surface area contributed by atoms with Crippen molar-refractivity contribution in [2.24, 2.45) is 0 Å². The first-order chi connectivity index (χ1) is 16.8. The molecule has 35 heavy (non-hydrogen) atoms. The lowest BCUT2D eigenvalue weighted by atomic mass is 10.0. The average molecular weight is 498 g/mol. The summed E-state index contributed by atoms with van der Waals surface area (Å²) in [5.74, 6) is -0.156. The molecule has 0 aliphatic carbocycles. The van der Waals surface area contributed by atoms with Crippen LogP contribution in [0.2, 0.25) is 0 Å². The maximum Gasteiger partial charge on any atom is 0.246 e. The molecule has 1 saturated heterocycles. The molecule has 0 aromatic heterocycles. The Morgan fingerprint density at radius 3 is 2.26 bits per heavy atom. The first-order valence-corrected chi connectivity index (χ1v) is 12.7. The normalized spacial score (nSPS) is 16.0. The predicted molar refractivity (Wildman–Crippen MR) is 132 cm³/mol. The number of carbonyl (C=O) groups is 1. The van der Waals surface area contributed by atoms with Crippen LogP contribution in [-0.2, 0) is 14.8 Å². The van der Waals surface area contributed by atoms with E-state index in [2.05, 4.69) is 5.32 Å². The molecule has 1 amide bonds. The fraction of sp³-hybridized carbons (Fsp3) is 0.269. The summed E-state index contributed by atoms with van der Waals surface area (Å²) in [6.45, 7) is 3.08. The van der Waals surface area contributed by atoms with Gasteiger partial charge in [-0.2, -0.15) is 4.31 Å². The number of benzene rings is 3. The van der Waals surface area contributed by atoms with Crippen molar-refractivity contribution in [3.63, 3.8) is 0 Å². The molecule has 3 aromatic rings. The molecule has 184 valence electrons. The summed E-state index contributed by atoms with van der Waals surface area (Å²) in [7, 11) is -2.20. The molecule has 1 aliphatic rings. The van der Waals surface area contributed by atoms with Crippen LogP contribution in [0.4, 0.5) is 10.1 Å². The molecule has 0 radical (unpaired) electrons. The Bertz CT molecular complexity index is 1280. The molecule has 1 N–H and O–H groups in total. The summed E-state index contributed by atoms with van der Waals surface area (Å²) in [4.78, 5) is 15.6. The Morgan fingerprint density at radius 2 is 1.63 bits per heavy atom. The first-order valence-electron chi connectivity index (χ1n) is 11.3. The van der Waals surface area contributed by atoms with Gasteiger partial charge in [-0.15, -0.1) is 0 Å². The SMILES string of the molecule is COc1ccc(C)cc1NC(=O)[C@H](c1ccccc1)N1CCN(S(=O)(=O)c2ccc(F)cc2)CC1. The number of amides is 1. The quantitative estimate of drug-likeness (QED) is 0.537. The summed E-state index contributed by atoms with van der Waals surface area (Å²) in [6.07, 6.45) is 0. The van der Waals surface area contributed by atoms with Gasteiger partial charge in [-0.05, 0) is 54.4 Å². The standard InChI is InChI=1S/C26H28FN3O4S/c1-19-8-13-24(34-2)23(18-19)28-26(31)25(20-6-4-3-5-7-20)29-14-16-30(17-15-29)35(32,33)22-11-9-21(27)10-12-22/h3-13,18,25H,14-17H2,1-2H3,(H,28,31)/t25-/m0/s1. The number of hydrogen-bond acceptors (Lipinski definition) is 5. The maximum atomic E-state index is 13.5. The maximum absolute atomic E-state index is 13.5. The summed E-state index contributed by atoms with van der Waals surface area (Å²) < 4.78 is 46.1. The minimum absolute atomic E-state index is 0.0521. The number of carbonyl (C=O) groups excluding carboxylic acids is 1. The van der Waals surface area contributed by atoms with Gasteiger partial charge >= 0.3 is 0 Å². The van der Waals surface area contributed by atoms with Gasteiger partial charge in [-0.3, -0.25) is 9.69 Å². The second kappa shape index (κ2) is 10.6. The van der Waals surface area contributed by atoms with Crippen LogP contribution in [0.3, 0.4) is 0 Å². The van der Waals surface area contributed by atoms with Crippen LogP contribution in [0, 0.1) is 12.7 Å². The smallest absolute Gasteiger partial charge is 0.246 e. The van der Waals surface area contributed by atoms with Crippen molar-refractivity contribution in [1.82, 2.24) is 9.21 Å². The monoisotopic (exact) mass is 497 g/mol. The van der Waals surface area contributed by atoms with Crippen LogP contribution in [0.1, 0.15) is 17.2 Å². The molecule has 0 saturated carbocycles. The van der Waals surface area contributed by atoms with Crippen LogP contribution in [0.25, 0.3) is 0 Å². The van der Waals surface area contributed by atoms with Gasteiger partial charge in [0.15, 0.2) is 0 Å². The highest BCUT2D eigenvalue weighted by Crippen LogP contribution is 2.30. The molecule has 3 aromatic carbocycles. The molecule has 1 heterocycles. The van der Waals surface area contributed by atoms with Crippen molar-refractivity contribution in [3.8, 4) is 5.75 Å². The largest absolute Gasteiger partial charge is 0.495 e. The van der Waals surface area contributed by atoms with Crippen molar-refractivity contribution in [2.45, 2.75) is 17.9 Å². The van der Waals surface area contributed by atoms with Gasteiger partial charge in [-0.1, -0.05) is 36.4 Å². The number of halogens is 1. The first kappa shape index (κ1) is 24.8. The number of hydrogen-bond donors (Lipinski definition) is 1. The molecular formula is C26H28FN3O4S. The van der Waals surface area contributed by atoms with E-state index in [1.54, 1.807) is 7.11 Å². The lowest BCUT2D eigenvalue weighted by Gasteiger charge is -2.38. The van der Waals surface area contributed by atoms with Gasteiger partial charge in [0.2, 0.25) is 15.9 Å². The summed E-state index contributed by atoms with van der Waals surface area (Å²) in [6, 6.07) is 19.2. The molecule has 0 bridgehead atoms. The van der Waals surface area contributed by atoms with Crippen molar-refractivity contribution in [2.75, 3.05) is 38.6 Å². The Hall–Kier alpha value is -3.27. The van der Waals surface area contributed by atoms with Crippen LogP contribution in [-0.4, -0.2) is 56.8 Å². The fourth-order valence-electron chi connectivity index (χ4n) is 4.24. The Morgan fingerprint density at radius 1 is 0.971 bits per heavy atom. The van der Waals surface area contributed by atoms with Crippen LogP contribution in [0.5, 0.6) is 5.75 Å². The Balaban J connectivity index is 1.55. The van der Waals surface area contributed by atoms with E-state index in [0.717, 1.165) is 23.3 Å². The Labute approximate surface area is 205 Å². The third kappa shape index (κ3) is 5.53. The van der Waals surface area contributed by atoms with E-state index in [-0.39, 0.29) is 23.9 Å². The van der Waals surface area contributed by atoms with Crippen LogP contribution in [0.15, 0.2) is 77.7 Å². The average Bonchev–Trinajstić information content (AvgIpc) is 2.86. The highest BCUT2D eigenvalue weighted by molar-refractivity contribution is 7.89. The summed E-state index contributed by atoms with van der Waals surface area (Å²) in [5, 5.41) is 3.00. The molecule has 7 nitrogen and oxygen atoms in total. The minimum Gasteiger partial charge on any atom is -0.495 e. The predicted octanol–water partition coefficient (Wildman–Crippen LogP) is 3.83. The lowest BCUT2D eigenvalue weighted by molar-refractivity contribution is -0.122. The van der Waals surface area contributed by atoms with Crippen molar-refractivity contribution in [1.29, 1.82) is 0 Å². The number of rotatable bonds is 7. The zero-order valence-electron chi connectivity index (χ0n) is 19.6. The molecule has 9 heteroatoms. The second-order valence-corrected chi connectivity index (χ2v) is 10.3. The number of ether oxygens (including phenoxy) is 1. The number of nitrogens with one attached hydrogen (secondary N) is 1. The van der Waals surface area contributed by atoms with Gasteiger partial charge in [-0.25, -0.2) is 12.8 Å². The van der Waals surface area contributed by atoms with Gasteiger partial charge in [0.25, 0.3) is 0 Å². The van der Waals surface area contributed by atoms with E-state index in [0.29, 0.717) is 24.5 Å². The molecule has 1 atom stereocenters. The van der Waals surface area contributed by atoms with E-state index >= 15 is 0 Å². The molecule has 4 rings (SSSR count). The van der Waals surface area contributed by atoms with Gasteiger partial charge < -0.3 is 10.1 Å². The Kier molecular flexibility index (Phi) is 7.49. The zero-order chi connectivity index (χ0) is 25.0. The van der Waals surface area contributed by atoms with E-state index in [4.69, 9.17) is 4.74 Å². The number of methoxy groups -OCH3 is 1. The number of sulfonamides is 1. The molecular weight excluding hydrogens is 469 g/mol. The van der Waals surface area contributed by atoms with E-state index in [1.165, 1.54) is 16.4 Å². The van der Waals surface area contributed by atoms with Crippen molar-refractivity contribution < 1.29 is 22.3 Å². The summed E-state index contributed by atoms with van der Waals surface area (Å²) >= 11 is 0. The number of nitrogens with zero attached hydrogens (tertiary/aromatic N) is 2. The molecule has 1 aliphatic heterocycles. The third-order valence-corrected chi connectivity index (χ3v) is 7.98. The second-order valence-electron chi connectivity index (χ2n) is 8.40. The fourth-order valence-corrected chi connectivity index (χ4v) is 5.66. The van der Waals surface area contributed by atoms with E-state index in [9.17, 15) is 17.6 Å². The van der Waals surface area contributed by atoms with Crippen molar-refractivity contribution >= 4 is 21.6 Å². The van der Waals surface area contributed by atoms with Gasteiger partial charge in [0.1, 0.15) is 17.6 Å². The number of anilines is 1. The van der Waals surface area contributed by atoms with Crippen LogP contribution < -0.4 is 10.1 Å². The van der Waals surface area contributed by atoms with E-state index in [1.807, 2.05) is 60.4 Å².